The molecule has 0 aliphatic heterocycles. The van der Waals surface area contributed by atoms with Crippen molar-refractivity contribution in [2.45, 2.75) is 63.8 Å². The van der Waals surface area contributed by atoms with E-state index in [2.05, 4.69) is 5.32 Å². The molecule has 2 aliphatic carbocycles. The lowest BCUT2D eigenvalue weighted by molar-refractivity contribution is -0.143. The fourth-order valence-electron chi connectivity index (χ4n) is 6.11. The molecular weight excluding hydrogens is 493 g/mol. The maximum absolute atomic E-state index is 14.2. The van der Waals surface area contributed by atoms with Crippen LogP contribution in [0.25, 0.3) is 22.4 Å². The van der Waals surface area contributed by atoms with Crippen LogP contribution in [0.4, 0.5) is 4.39 Å². The molecule has 1 atom stereocenters. The highest BCUT2D eigenvalue weighted by atomic mass is 35.5. The summed E-state index contributed by atoms with van der Waals surface area (Å²) in [7, 11) is 0. The normalized spacial score (nSPS) is 21.6. The zero-order valence-electron chi connectivity index (χ0n) is 20.8. The van der Waals surface area contributed by atoms with E-state index in [0.717, 1.165) is 56.0 Å². The minimum atomic E-state index is -0.724. The number of nitrogens with one attached hydrogen (secondary N) is 1. The molecule has 2 fully saturated rings. The number of nitrogens with zero attached hydrogens (tertiary/aromatic N) is 2. The number of amides is 1. The SMILES string of the molecule is O=C(O)C1CCC(CNC(=O)C(C2CCCCC2)n2c(-c3ccc(Cl)cc3)nc3cc(F)ccc32)CC1. The number of halogens is 2. The Morgan fingerprint density at radius 1 is 1.03 bits per heavy atom. The van der Waals surface area contributed by atoms with Gasteiger partial charge in [0, 0.05) is 23.2 Å². The lowest BCUT2D eigenvalue weighted by Crippen LogP contribution is -2.40. The van der Waals surface area contributed by atoms with Gasteiger partial charge in [0.05, 0.1) is 17.0 Å². The molecule has 0 saturated heterocycles. The predicted molar refractivity (Wildman–Crippen MR) is 142 cm³/mol. The van der Waals surface area contributed by atoms with Crippen LogP contribution in [0.5, 0.6) is 0 Å². The molecule has 8 heteroatoms. The maximum atomic E-state index is 14.2. The highest BCUT2D eigenvalue weighted by Gasteiger charge is 2.35. The van der Waals surface area contributed by atoms with Crippen molar-refractivity contribution < 1.29 is 19.1 Å². The summed E-state index contributed by atoms with van der Waals surface area (Å²) in [6, 6.07) is 11.4. The minimum absolute atomic E-state index is 0.0499. The van der Waals surface area contributed by atoms with Gasteiger partial charge in [-0.25, -0.2) is 9.37 Å². The molecule has 3 aromatic rings. The van der Waals surface area contributed by atoms with Crippen LogP contribution < -0.4 is 5.32 Å². The molecule has 0 radical (unpaired) electrons. The molecule has 0 spiro atoms. The Morgan fingerprint density at radius 2 is 1.73 bits per heavy atom. The molecular formula is C29H33ClFN3O3. The second-order valence-corrected chi connectivity index (χ2v) is 11.0. The smallest absolute Gasteiger partial charge is 0.306 e. The Labute approximate surface area is 221 Å². The Balaban J connectivity index is 1.48. The quantitative estimate of drug-likeness (QED) is 0.363. The Kier molecular flexibility index (Phi) is 7.79. The average molecular weight is 526 g/mol. The van der Waals surface area contributed by atoms with Crippen LogP contribution in [0.15, 0.2) is 42.5 Å². The van der Waals surface area contributed by atoms with E-state index in [-0.39, 0.29) is 29.5 Å². The van der Waals surface area contributed by atoms with E-state index in [0.29, 0.717) is 35.8 Å². The number of benzene rings is 2. The van der Waals surface area contributed by atoms with E-state index in [1.54, 1.807) is 18.2 Å². The van der Waals surface area contributed by atoms with Gasteiger partial charge in [-0.1, -0.05) is 30.9 Å². The van der Waals surface area contributed by atoms with Gasteiger partial charge < -0.3 is 15.0 Å². The summed E-state index contributed by atoms with van der Waals surface area (Å²) >= 11 is 6.14. The second-order valence-electron chi connectivity index (χ2n) is 10.6. The number of aliphatic carboxylic acids is 1. The van der Waals surface area contributed by atoms with E-state index in [1.165, 1.54) is 12.1 Å². The monoisotopic (exact) mass is 525 g/mol. The van der Waals surface area contributed by atoms with E-state index >= 15 is 0 Å². The van der Waals surface area contributed by atoms with Crippen LogP contribution in [-0.4, -0.2) is 33.1 Å². The number of hydrogen-bond acceptors (Lipinski definition) is 3. The molecule has 1 amide bonds. The van der Waals surface area contributed by atoms with Crippen molar-refractivity contribution in [3.05, 3.63) is 53.3 Å². The number of carbonyl (C=O) groups is 2. The molecule has 1 unspecified atom stereocenters. The molecule has 5 rings (SSSR count). The number of fused-ring (bicyclic) bond motifs is 1. The summed E-state index contributed by atoms with van der Waals surface area (Å²) in [4.78, 5) is 30.1. The van der Waals surface area contributed by atoms with Crippen molar-refractivity contribution >= 4 is 34.5 Å². The number of imidazole rings is 1. The summed E-state index contributed by atoms with van der Waals surface area (Å²) < 4.78 is 16.2. The first kappa shape index (κ1) is 25.7. The fraction of sp³-hybridized carbons (Fsp3) is 0.483. The van der Waals surface area contributed by atoms with Gasteiger partial charge in [0.15, 0.2) is 0 Å². The Hall–Kier alpha value is -2.93. The van der Waals surface area contributed by atoms with Gasteiger partial charge >= 0.3 is 5.97 Å². The summed E-state index contributed by atoms with van der Waals surface area (Å²) in [6.45, 7) is 0.534. The zero-order valence-corrected chi connectivity index (χ0v) is 21.6. The molecule has 2 N–H and O–H groups in total. The van der Waals surface area contributed by atoms with Crippen molar-refractivity contribution in [3.8, 4) is 11.4 Å². The van der Waals surface area contributed by atoms with Gasteiger partial charge in [-0.2, -0.15) is 0 Å². The summed E-state index contributed by atoms with van der Waals surface area (Å²) in [5.74, 6) is -0.369. The van der Waals surface area contributed by atoms with E-state index < -0.39 is 12.0 Å². The average Bonchev–Trinajstić information content (AvgIpc) is 3.27. The highest BCUT2D eigenvalue weighted by Crippen LogP contribution is 2.39. The lowest BCUT2D eigenvalue weighted by Gasteiger charge is -2.33. The van der Waals surface area contributed by atoms with Crippen molar-refractivity contribution in [2.75, 3.05) is 6.54 Å². The lowest BCUT2D eigenvalue weighted by atomic mass is 9.81. The molecule has 2 saturated carbocycles. The molecule has 1 heterocycles. The van der Waals surface area contributed by atoms with Gasteiger partial charge in [0.2, 0.25) is 5.91 Å². The van der Waals surface area contributed by atoms with E-state index in [4.69, 9.17) is 16.6 Å². The third-order valence-electron chi connectivity index (χ3n) is 8.16. The number of carboxylic acid groups (broad SMARTS) is 1. The molecule has 37 heavy (non-hydrogen) atoms. The van der Waals surface area contributed by atoms with Gasteiger partial charge in [-0.3, -0.25) is 9.59 Å². The van der Waals surface area contributed by atoms with Crippen LogP contribution in [-0.2, 0) is 9.59 Å². The first-order valence-corrected chi connectivity index (χ1v) is 13.7. The minimum Gasteiger partial charge on any atom is -0.481 e. The topological polar surface area (TPSA) is 84.2 Å². The third-order valence-corrected chi connectivity index (χ3v) is 8.41. The van der Waals surface area contributed by atoms with Gasteiger partial charge in [0.25, 0.3) is 0 Å². The molecule has 0 bridgehead atoms. The zero-order chi connectivity index (χ0) is 25.9. The number of aromatic nitrogens is 2. The van der Waals surface area contributed by atoms with Crippen molar-refractivity contribution in [3.63, 3.8) is 0 Å². The van der Waals surface area contributed by atoms with Crippen molar-refractivity contribution in [1.82, 2.24) is 14.9 Å². The van der Waals surface area contributed by atoms with E-state index in [1.807, 2.05) is 16.7 Å². The van der Waals surface area contributed by atoms with Crippen LogP contribution in [0.2, 0.25) is 5.02 Å². The number of rotatable bonds is 7. The third kappa shape index (κ3) is 5.66. The molecule has 2 aromatic carbocycles. The van der Waals surface area contributed by atoms with Crippen LogP contribution in [0, 0.1) is 23.6 Å². The highest BCUT2D eigenvalue weighted by molar-refractivity contribution is 6.30. The van der Waals surface area contributed by atoms with Gasteiger partial charge in [-0.15, -0.1) is 0 Å². The molecule has 6 nitrogen and oxygen atoms in total. The summed E-state index contributed by atoms with van der Waals surface area (Å²) in [5.41, 5.74) is 2.08. The second kappa shape index (κ2) is 11.2. The summed E-state index contributed by atoms with van der Waals surface area (Å²) in [6.07, 6.45) is 8.11. The molecule has 2 aliphatic rings. The van der Waals surface area contributed by atoms with Gasteiger partial charge in [0.1, 0.15) is 17.7 Å². The van der Waals surface area contributed by atoms with Crippen molar-refractivity contribution in [1.29, 1.82) is 0 Å². The number of carbonyl (C=O) groups excluding carboxylic acids is 1. The van der Waals surface area contributed by atoms with Crippen LogP contribution >= 0.6 is 11.6 Å². The Morgan fingerprint density at radius 3 is 2.41 bits per heavy atom. The van der Waals surface area contributed by atoms with E-state index in [9.17, 15) is 19.1 Å². The standard InChI is InChI=1S/C29H33ClFN3O3/c30-22-12-10-20(11-13-22)27-33-24-16-23(31)14-15-25(24)34(27)26(19-4-2-1-3-5-19)28(35)32-17-18-6-8-21(9-7-18)29(36)37/h10-16,18-19,21,26H,1-9,17H2,(H,32,35)(H,36,37). The molecule has 196 valence electrons. The first-order valence-electron chi connectivity index (χ1n) is 13.3. The van der Waals surface area contributed by atoms with Gasteiger partial charge in [-0.05, 0) is 86.8 Å². The largest absolute Gasteiger partial charge is 0.481 e. The Bertz CT molecular complexity index is 1260. The molecule has 1 aromatic heterocycles. The van der Waals surface area contributed by atoms with Crippen LogP contribution in [0.3, 0.4) is 0 Å². The first-order chi connectivity index (χ1) is 17.9. The summed E-state index contributed by atoms with van der Waals surface area (Å²) in [5, 5.41) is 13.1. The predicted octanol–water partition coefficient (Wildman–Crippen LogP) is 6.62. The van der Waals surface area contributed by atoms with Crippen molar-refractivity contribution in [2.24, 2.45) is 17.8 Å². The fourth-order valence-corrected chi connectivity index (χ4v) is 6.24. The number of carboxylic acids is 1. The van der Waals surface area contributed by atoms with Crippen LogP contribution in [0.1, 0.15) is 63.8 Å². The maximum Gasteiger partial charge on any atom is 0.306 e. The number of hydrogen-bond donors (Lipinski definition) is 2.